The van der Waals surface area contributed by atoms with Crippen molar-refractivity contribution in [2.75, 3.05) is 26.2 Å². The van der Waals surface area contributed by atoms with E-state index in [1.54, 1.807) is 41.3 Å². The fraction of sp³-hybridized carbons (Fsp3) is 0.208. The minimum atomic E-state index is -3.65. The highest BCUT2D eigenvalue weighted by Crippen LogP contribution is 2.23. The van der Waals surface area contributed by atoms with Crippen molar-refractivity contribution in [2.24, 2.45) is 0 Å². The number of fused-ring (bicyclic) bond motifs is 2. The predicted octanol–water partition coefficient (Wildman–Crippen LogP) is 2.15. The largest absolute Gasteiger partial charge is 0.340 e. The van der Waals surface area contributed by atoms with E-state index in [1.807, 2.05) is 30.3 Å². The van der Waals surface area contributed by atoms with Crippen LogP contribution in [0.1, 0.15) is 5.69 Å². The highest BCUT2D eigenvalue weighted by Gasteiger charge is 2.30. The highest BCUT2D eigenvalue weighted by molar-refractivity contribution is 7.89. The van der Waals surface area contributed by atoms with Crippen LogP contribution >= 0.6 is 0 Å². The summed E-state index contributed by atoms with van der Waals surface area (Å²) >= 11 is 0. The number of carbonyl (C=O) groups is 1. The van der Waals surface area contributed by atoms with Gasteiger partial charge in [-0.2, -0.15) is 9.40 Å². The van der Waals surface area contributed by atoms with Crippen molar-refractivity contribution in [3.8, 4) is 0 Å². The molecule has 0 bridgehead atoms. The summed E-state index contributed by atoms with van der Waals surface area (Å²) in [5.41, 5.74) is 0.204. The summed E-state index contributed by atoms with van der Waals surface area (Å²) < 4.78 is 27.7. The molecular formula is C24H22N4O4S. The number of benzene rings is 3. The highest BCUT2D eigenvalue weighted by atomic mass is 32.2. The summed E-state index contributed by atoms with van der Waals surface area (Å²) in [7, 11) is -3.65. The average Bonchev–Trinajstić information content (AvgIpc) is 2.85. The second-order valence-corrected chi connectivity index (χ2v) is 9.95. The second kappa shape index (κ2) is 8.42. The first-order valence-electron chi connectivity index (χ1n) is 10.7. The summed E-state index contributed by atoms with van der Waals surface area (Å²) in [6, 6.07) is 19.8. The van der Waals surface area contributed by atoms with Gasteiger partial charge in [-0.05, 0) is 29.0 Å². The molecule has 1 aromatic heterocycles. The molecule has 0 unspecified atom stereocenters. The van der Waals surface area contributed by atoms with Crippen molar-refractivity contribution in [2.45, 2.75) is 11.3 Å². The molecule has 1 N–H and O–H groups in total. The normalized spacial score (nSPS) is 15.2. The van der Waals surface area contributed by atoms with E-state index in [0.717, 1.165) is 10.8 Å². The molecule has 0 spiro atoms. The van der Waals surface area contributed by atoms with Gasteiger partial charge >= 0.3 is 0 Å². The van der Waals surface area contributed by atoms with Gasteiger partial charge in [0, 0.05) is 31.6 Å². The minimum Gasteiger partial charge on any atom is -0.340 e. The summed E-state index contributed by atoms with van der Waals surface area (Å²) in [4.78, 5) is 26.8. The molecule has 1 fully saturated rings. The van der Waals surface area contributed by atoms with Gasteiger partial charge in [-0.1, -0.05) is 48.5 Å². The molecule has 168 valence electrons. The van der Waals surface area contributed by atoms with Gasteiger partial charge in [-0.25, -0.2) is 13.5 Å². The number of hydrogen-bond donors (Lipinski definition) is 1. The maximum absolute atomic E-state index is 13.2. The lowest BCUT2D eigenvalue weighted by Gasteiger charge is -2.34. The number of H-pyrrole nitrogens is 1. The first kappa shape index (κ1) is 21.3. The molecule has 0 saturated carbocycles. The number of amides is 1. The van der Waals surface area contributed by atoms with Crippen LogP contribution in [0.5, 0.6) is 0 Å². The molecule has 33 heavy (non-hydrogen) atoms. The first-order valence-corrected chi connectivity index (χ1v) is 12.1. The molecule has 2 heterocycles. The van der Waals surface area contributed by atoms with Crippen LogP contribution in [0.25, 0.3) is 21.5 Å². The summed E-state index contributed by atoms with van der Waals surface area (Å²) in [6.07, 6.45) is 0.0364. The van der Waals surface area contributed by atoms with Crippen molar-refractivity contribution in [3.63, 3.8) is 0 Å². The van der Waals surface area contributed by atoms with Crippen LogP contribution in [0.3, 0.4) is 0 Å². The van der Waals surface area contributed by atoms with E-state index in [1.165, 1.54) is 4.31 Å². The van der Waals surface area contributed by atoms with Gasteiger partial charge in [0.25, 0.3) is 5.56 Å². The molecule has 4 aromatic rings. The number of aromatic nitrogens is 2. The number of piperazine rings is 1. The van der Waals surface area contributed by atoms with Crippen LogP contribution in [0.4, 0.5) is 0 Å². The lowest BCUT2D eigenvalue weighted by molar-refractivity contribution is -0.131. The van der Waals surface area contributed by atoms with E-state index in [2.05, 4.69) is 10.2 Å². The number of hydrogen-bond acceptors (Lipinski definition) is 5. The van der Waals surface area contributed by atoms with Crippen molar-refractivity contribution in [3.05, 3.63) is 82.8 Å². The fourth-order valence-corrected chi connectivity index (χ4v) is 5.67. The number of sulfonamides is 1. The topological polar surface area (TPSA) is 103 Å². The standard InChI is InChI=1S/C24H22N4O4S/c29-23(16-22-20-7-3-4-8-21(20)24(30)26-25-22)27-11-13-28(14-12-27)33(31,32)19-10-9-17-5-1-2-6-18(17)15-19/h1-10,15H,11-14,16H2,(H,26,30). The summed E-state index contributed by atoms with van der Waals surface area (Å²) in [5, 5.41) is 9.50. The molecular weight excluding hydrogens is 440 g/mol. The smallest absolute Gasteiger partial charge is 0.272 e. The Labute approximate surface area is 190 Å². The average molecular weight is 463 g/mol. The Morgan fingerprint density at radius 3 is 2.30 bits per heavy atom. The van der Waals surface area contributed by atoms with Crippen LogP contribution in [0, 0.1) is 0 Å². The predicted molar refractivity (Wildman–Crippen MR) is 125 cm³/mol. The molecule has 1 aliphatic rings. The lowest BCUT2D eigenvalue weighted by Crippen LogP contribution is -2.50. The van der Waals surface area contributed by atoms with Gasteiger partial charge < -0.3 is 4.90 Å². The number of rotatable bonds is 4. The van der Waals surface area contributed by atoms with Crippen LogP contribution in [0.2, 0.25) is 0 Å². The minimum absolute atomic E-state index is 0.0364. The van der Waals surface area contributed by atoms with Gasteiger partial charge in [-0.15, -0.1) is 0 Å². The molecule has 0 radical (unpaired) electrons. The van der Waals surface area contributed by atoms with Crippen molar-refractivity contribution in [1.29, 1.82) is 0 Å². The molecule has 1 saturated heterocycles. The number of carbonyl (C=O) groups excluding carboxylic acids is 1. The van der Waals surface area contributed by atoms with Crippen molar-refractivity contribution < 1.29 is 13.2 Å². The van der Waals surface area contributed by atoms with Gasteiger partial charge in [0.05, 0.1) is 22.4 Å². The monoisotopic (exact) mass is 462 g/mol. The van der Waals surface area contributed by atoms with Gasteiger partial charge in [0.1, 0.15) is 0 Å². The molecule has 0 aliphatic carbocycles. The Morgan fingerprint density at radius 1 is 0.879 bits per heavy atom. The second-order valence-electron chi connectivity index (χ2n) is 8.02. The molecule has 3 aromatic carbocycles. The lowest BCUT2D eigenvalue weighted by atomic mass is 10.1. The number of aromatic amines is 1. The van der Waals surface area contributed by atoms with E-state index in [-0.39, 0.29) is 35.9 Å². The van der Waals surface area contributed by atoms with E-state index >= 15 is 0 Å². The fourth-order valence-electron chi connectivity index (χ4n) is 4.22. The van der Waals surface area contributed by atoms with E-state index < -0.39 is 10.0 Å². The SMILES string of the molecule is O=C(Cc1n[nH]c(=O)c2ccccc12)N1CCN(S(=O)(=O)c2ccc3ccccc3c2)CC1. The quantitative estimate of drug-likeness (QED) is 0.501. The summed E-state index contributed by atoms with van der Waals surface area (Å²) in [5.74, 6) is -0.151. The van der Waals surface area contributed by atoms with Crippen LogP contribution in [0.15, 0.2) is 76.4 Å². The van der Waals surface area contributed by atoms with Gasteiger partial charge in [0.2, 0.25) is 15.9 Å². The van der Waals surface area contributed by atoms with Crippen molar-refractivity contribution in [1.82, 2.24) is 19.4 Å². The Hall–Kier alpha value is -3.56. The maximum atomic E-state index is 13.2. The van der Waals surface area contributed by atoms with Crippen LogP contribution in [-0.2, 0) is 21.2 Å². The maximum Gasteiger partial charge on any atom is 0.272 e. The zero-order valence-corrected chi connectivity index (χ0v) is 18.6. The Balaban J connectivity index is 1.29. The van der Waals surface area contributed by atoms with Crippen molar-refractivity contribution >= 4 is 37.5 Å². The molecule has 5 rings (SSSR count). The number of nitrogens with zero attached hydrogens (tertiary/aromatic N) is 3. The molecule has 1 aliphatic heterocycles. The molecule has 1 amide bonds. The first-order chi connectivity index (χ1) is 15.9. The Bertz CT molecular complexity index is 1520. The van der Waals surface area contributed by atoms with Gasteiger partial charge in [0.15, 0.2) is 0 Å². The zero-order valence-electron chi connectivity index (χ0n) is 17.8. The van der Waals surface area contributed by atoms with Gasteiger partial charge in [-0.3, -0.25) is 9.59 Å². The van der Waals surface area contributed by atoms with E-state index in [4.69, 9.17) is 0 Å². The Morgan fingerprint density at radius 2 is 1.55 bits per heavy atom. The van der Waals surface area contributed by atoms with Crippen LogP contribution in [-0.4, -0.2) is 59.9 Å². The molecule has 8 nitrogen and oxygen atoms in total. The third kappa shape index (κ3) is 4.01. The third-order valence-corrected chi connectivity index (χ3v) is 7.94. The summed E-state index contributed by atoms with van der Waals surface area (Å²) in [6.45, 7) is 1.04. The van der Waals surface area contributed by atoms with Crippen LogP contribution < -0.4 is 5.56 Å². The third-order valence-electron chi connectivity index (χ3n) is 6.04. The van der Waals surface area contributed by atoms with E-state index in [9.17, 15) is 18.0 Å². The Kier molecular flexibility index (Phi) is 5.43. The molecule has 9 heteroatoms. The van der Waals surface area contributed by atoms with E-state index in [0.29, 0.717) is 29.6 Å². The number of nitrogens with one attached hydrogen (secondary N) is 1. The zero-order chi connectivity index (χ0) is 23.0. The molecule has 0 atom stereocenters.